The summed E-state index contributed by atoms with van der Waals surface area (Å²) in [6.07, 6.45) is 8.07. The van der Waals surface area contributed by atoms with Crippen LogP contribution in [0.3, 0.4) is 0 Å². The van der Waals surface area contributed by atoms with Crippen LogP contribution in [0.5, 0.6) is 0 Å². The van der Waals surface area contributed by atoms with Crippen molar-refractivity contribution in [2.45, 2.75) is 50.7 Å². The van der Waals surface area contributed by atoms with Crippen LogP contribution in [0.15, 0.2) is 0 Å². The molecule has 2 aliphatic rings. The van der Waals surface area contributed by atoms with E-state index < -0.39 is 0 Å². The molecule has 1 saturated heterocycles. The predicted octanol–water partition coefficient (Wildman–Crippen LogP) is 2.05. The SMILES string of the molecule is NCCC1CCCC2(C1)OCCCCO2. The first-order valence-corrected chi connectivity index (χ1v) is 6.33. The predicted molar refractivity (Wildman–Crippen MR) is 59.5 cm³/mol. The van der Waals surface area contributed by atoms with Gasteiger partial charge in [0.1, 0.15) is 0 Å². The molecule has 1 saturated carbocycles. The largest absolute Gasteiger partial charge is 0.350 e. The lowest BCUT2D eigenvalue weighted by Crippen LogP contribution is -2.40. The lowest BCUT2D eigenvalue weighted by molar-refractivity contribution is -0.248. The average molecular weight is 213 g/mol. The van der Waals surface area contributed by atoms with Crippen LogP contribution in [0.25, 0.3) is 0 Å². The Kier molecular flexibility index (Phi) is 4.00. The molecule has 1 unspecified atom stereocenters. The maximum atomic E-state index is 5.94. The third-order valence-corrected chi connectivity index (χ3v) is 3.61. The molecule has 3 heteroatoms. The van der Waals surface area contributed by atoms with Gasteiger partial charge in [-0.05, 0) is 38.1 Å². The molecule has 1 spiro atoms. The highest BCUT2D eigenvalue weighted by Crippen LogP contribution is 2.38. The number of hydrogen-bond donors (Lipinski definition) is 1. The summed E-state index contributed by atoms with van der Waals surface area (Å²) in [5.41, 5.74) is 5.63. The summed E-state index contributed by atoms with van der Waals surface area (Å²) in [5, 5.41) is 0. The van der Waals surface area contributed by atoms with E-state index in [0.29, 0.717) is 5.92 Å². The molecule has 15 heavy (non-hydrogen) atoms. The van der Waals surface area contributed by atoms with Crippen molar-refractivity contribution in [3.05, 3.63) is 0 Å². The molecule has 0 aromatic rings. The fourth-order valence-electron chi connectivity index (χ4n) is 2.81. The standard InChI is InChI=1S/C12H23NO2/c13-7-5-11-4-3-6-12(10-11)14-8-1-2-9-15-12/h11H,1-10,13H2. The average Bonchev–Trinajstić information content (AvgIpc) is 2.45. The van der Waals surface area contributed by atoms with E-state index in [1.165, 1.54) is 12.8 Å². The molecule has 0 aromatic carbocycles. The highest BCUT2D eigenvalue weighted by Gasteiger charge is 2.38. The third kappa shape index (κ3) is 2.92. The van der Waals surface area contributed by atoms with Crippen molar-refractivity contribution in [1.29, 1.82) is 0 Å². The lowest BCUT2D eigenvalue weighted by Gasteiger charge is -2.39. The zero-order valence-corrected chi connectivity index (χ0v) is 9.54. The van der Waals surface area contributed by atoms with E-state index in [0.717, 1.165) is 51.9 Å². The van der Waals surface area contributed by atoms with Gasteiger partial charge in [0.2, 0.25) is 0 Å². The van der Waals surface area contributed by atoms with Gasteiger partial charge in [-0.3, -0.25) is 0 Å². The molecule has 0 amide bonds. The van der Waals surface area contributed by atoms with Crippen molar-refractivity contribution in [3.8, 4) is 0 Å². The molecule has 0 bridgehead atoms. The van der Waals surface area contributed by atoms with Crippen LogP contribution in [0, 0.1) is 5.92 Å². The normalized spacial score (nSPS) is 31.4. The van der Waals surface area contributed by atoms with Gasteiger partial charge in [-0.2, -0.15) is 0 Å². The zero-order chi connectivity index (χ0) is 10.6. The zero-order valence-electron chi connectivity index (χ0n) is 9.54. The van der Waals surface area contributed by atoms with Crippen molar-refractivity contribution >= 4 is 0 Å². The summed E-state index contributed by atoms with van der Waals surface area (Å²) in [7, 11) is 0. The first kappa shape index (κ1) is 11.4. The molecule has 1 aliphatic heterocycles. The van der Waals surface area contributed by atoms with Gasteiger partial charge >= 0.3 is 0 Å². The Morgan fingerprint density at radius 1 is 1.13 bits per heavy atom. The maximum Gasteiger partial charge on any atom is 0.168 e. The van der Waals surface area contributed by atoms with Crippen molar-refractivity contribution in [1.82, 2.24) is 0 Å². The molecule has 0 aromatic heterocycles. The topological polar surface area (TPSA) is 44.5 Å². The molecular weight excluding hydrogens is 190 g/mol. The van der Waals surface area contributed by atoms with Crippen molar-refractivity contribution in [2.75, 3.05) is 19.8 Å². The summed E-state index contributed by atoms with van der Waals surface area (Å²) >= 11 is 0. The smallest absolute Gasteiger partial charge is 0.168 e. The minimum atomic E-state index is -0.241. The van der Waals surface area contributed by atoms with Gasteiger partial charge in [0.25, 0.3) is 0 Å². The van der Waals surface area contributed by atoms with Crippen LogP contribution in [0.4, 0.5) is 0 Å². The maximum absolute atomic E-state index is 5.94. The van der Waals surface area contributed by atoms with E-state index in [9.17, 15) is 0 Å². The first-order valence-electron chi connectivity index (χ1n) is 6.33. The Bertz CT molecular complexity index is 186. The highest BCUT2D eigenvalue weighted by molar-refractivity contribution is 4.82. The van der Waals surface area contributed by atoms with Gasteiger partial charge in [-0.25, -0.2) is 0 Å². The summed E-state index contributed by atoms with van der Waals surface area (Å²) in [6.45, 7) is 2.53. The molecule has 88 valence electrons. The number of ether oxygens (including phenoxy) is 2. The van der Waals surface area contributed by atoms with Crippen LogP contribution >= 0.6 is 0 Å². The monoisotopic (exact) mass is 213 g/mol. The minimum absolute atomic E-state index is 0.241. The van der Waals surface area contributed by atoms with E-state index in [1.807, 2.05) is 0 Å². The first-order chi connectivity index (χ1) is 7.35. The highest BCUT2D eigenvalue weighted by atomic mass is 16.7. The summed E-state index contributed by atoms with van der Waals surface area (Å²) in [5.74, 6) is 0.469. The number of hydrogen-bond acceptors (Lipinski definition) is 3. The van der Waals surface area contributed by atoms with Crippen molar-refractivity contribution < 1.29 is 9.47 Å². The molecule has 0 radical (unpaired) electrons. The summed E-state index contributed by atoms with van der Waals surface area (Å²) in [4.78, 5) is 0. The summed E-state index contributed by atoms with van der Waals surface area (Å²) < 4.78 is 11.9. The van der Waals surface area contributed by atoms with Gasteiger partial charge < -0.3 is 15.2 Å². The second-order valence-corrected chi connectivity index (χ2v) is 4.85. The molecular formula is C12H23NO2. The Balaban J connectivity index is 1.93. The quantitative estimate of drug-likeness (QED) is 0.763. The van der Waals surface area contributed by atoms with Crippen LogP contribution in [-0.4, -0.2) is 25.5 Å². The Labute approximate surface area is 92.3 Å². The van der Waals surface area contributed by atoms with Crippen LogP contribution < -0.4 is 5.73 Å². The van der Waals surface area contributed by atoms with Gasteiger partial charge in [0, 0.05) is 12.8 Å². The van der Waals surface area contributed by atoms with Crippen molar-refractivity contribution in [3.63, 3.8) is 0 Å². The van der Waals surface area contributed by atoms with Gasteiger partial charge in [0.15, 0.2) is 5.79 Å². The van der Waals surface area contributed by atoms with Crippen LogP contribution in [0.1, 0.15) is 44.9 Å². The van der Waals surface area contributed by atoms with Gasteiger partial charge in [-0.1, -0.05) is 6.42 Å². The van der Waals surface area contributed by atoms with E-state index in [4.69, 9.17) is 15.2 Å². The molecule has 1 atom stereocenters. The van der Waals surface area contributed by atoms with E-state index in [1.54, 1.807) is 0 Å². The van der Waals surface area contributed by atoms with Gasteiger partial charge in [-0.15, -0.1) is 0 Å². The second kappa shape index (κ2) is 5.28. The fraction of sp³-hybridized carbons (Fsp3) is 1.00. The van der Waals surface area contributed by atoms with E-state index >= 15 is 0 Å². The molecule has 2 N–H and O–H groups in total. The Morgan fingerprint density at radius 3 is 2.53 bits per heavy atom. The molecule has 2 fully saturated rings. The van der Waals surface area contributed by atoms with Crippen LogP contribution in [-0.2, 0) is 9.47 Å². The molecule has 3 nitrogen and oxygen atoms in total. The van der Waals surface area contributed by atoms with Crippen LogP contribution in [0.2, 0.25) is 0 Å². The Hall–Kier alpha value is -0.120. The molecule has 1 aliphatic carbocycles. The fourth-order valence-corrected chi connectivity index (χ4v) is 2.81. The van der Waals surface area contributed by atoms with Crippen molar-refractivity contribution in [2.24, 2.45) is 11.7 Å². The summed E-state index contributed by atoms with van der Waals surface area (Å²) in [6, 6.07) is 0. The van der Waals surface area contributed by atoms with E-state index in [-0.39, 0.29) is 5.79 Å². The Morgan fingerprint density at radius 2 is 1.87 bits per heavy atom. The molecule has 1 heterocycles. The minimum Gasteiger partial charge on any atom is -0.350 e. The number of rotatable bonds is 2. The number of nitrogens with two attached hydrogens (primary N) is 1. The lowest BCUT2D eigenvalue weighted by atomic mass is 9.82. The van der Waals surface area contributed by atoms with E-state index in [2.05, 4.69) is 0 Å². The third-order valence-electron chi connectivity index (χ3n) is 3.61. The van der Waals surface area contributed by atoms with Gasteiger partial charge in [0.05, 0.1) is 13.2 Å². The molecule has 2 rings (SSSR count). The second-order valence-electron chi connectivity index (χ2n) is 4.85.